The number of nitrogens with one attached hydrogen (secondary N) is 1. The molecule has 2 aromatic carbocycles. The van der Waals surface area contributed by atoms with Gasteiger partial charge in [-0.1, -0.05) is 43.2 Å². The first-order chi connectivity index (χ1) is 13.0. The number of carbonyl (C=O) groups is 1. The molecule has 1 fully saturated rings. The Morgan fingerprint density at radius 3 is 2.41 bits per heavy atom. The number of ether oxygens (including phenoxy) is 1. The van der Waals surface area contributed by atoms with E-state index >= 15 is 0 Å². The van der Waals surface area contributed by atoms with Crippen LogP contribution in [0.4, 0.5) is 4.39 Å². The molecule has 0 spiro atoms. The first-order valence-corrected chi connectivity index (χ1v) is 9.35. The van der Waals surface area contributed by atoms with E-state index in [1.54, 1.807) is 0 Å². The van der Waals surface area contributed by atoms with Crippen LogP contribution in [0, 0.1) is 5.82 Å². The highest BCUT2D eigenvalue weighted by atomic mass is 19.1. The van der Waals surface area contributed by atoms with Gasteiger partial charge in [-0.25, -0.2) is 4.39 Å². The third-order valence-corrected chi connectivity index (χ3v) is 5.71. The molecule has 1 atom stereocenters. The predicted molar refractivity (Wildman–Crippen MR) is 104 cm³/mol. The fraction of sp³-hybridized carbons (Fsp3) is 0.409. The molecular formula is C22H27FN2O2. The molecule has 1 N–H and O–H groups in total. The number of benzene rings is 2. The molecule has 3 rings (SSSR count). The number of amides is 1. The topological polar surface area (TPSA) is 41.6 Å². The normalized spacial score (nSPS) is 16.9. The van der Waals surface area contributed by atoms with Gasteiger partial charge < -0.3 is 15.0 Å². The van der Waals surface area contributed by atoms with Crippen molar-refractivity contribution in [2.24, 2.45) is 0 Å². The third-order valence-electron chi connectivity index (χ3n) is 5.71. The van der Waals surface area contributed by atoms with Crippen molar-refractivity contribution in [1.82, 2.24) is 10.2 Å². The van der Waals surface area contributed by atoms with Crippen LogP contribution >= 0.6 is 0 Å². The number of nitrogens with zero attached hydrogens (tertiary/aromatic N) is 1. The number of halogens is 1. The summed E-state index contributed by atoms with van der Waals surface area (Å²) >= 11 is 0. The van der Waals surface area contributed by atoms with E-state index in [0.29, 0.717) is 5.56 Å². The van der Waals surface area contributed by atoms with Crippen molar-refractivity contribution < 1.29 is 13.9 Å². The van der Waals surface area contributed by atoms with Crippen molar-refractivity contribution in [3.63, 3.8) is 0 Å². The lowest BCUT2D eigenvalue weighted by Crippen LogP contribution is -2.53. The van der Waals surface area contributed by atoms with Crippen molar-refractivity contribution in [3.8, 4) is 5.75 Å². The van der Waals surface area contributed by atoms with Gasteiger partial charge in [0.25, 0.3) is 5.91 Å². The molecule has 2 aromatic rings. The molecule has 1 aliphatic rings. The molecule has 0 bridgehead atoms. The van der Waals surface area contributed by atoms with Crippen LogP contribution < -0.4 is 10.1 Å². The molecule has 0 radical (unpaired) electrons. The van der Waals surface area contributed by atoms with Gasteiger partial charge in [-0.3, -0.25) is 4.79 Å². The minimum Gasteiger partial charge on any atom is -0.496 e. The molecule has 5 heteroatoms. The second-order valence-electron chi connectivity index (χ2n) is 7.37. The molecule has 144 valence electrons. The van der Waals surface area contributed by atoms with Gasteiger partial charge in [0.15, 0.2) is 0 Å². The fourth-order valence-electron chi connectivity index (χ4n) is 4.22. The average molecular weight is 370 g/mol. The second-order valence-corrected chi connectivity index (χ2v) is 7.37. The molecule has 0 aliphatic heterocycles. The van der Waals surface area contributed by atoms with Gasteiger partial charge in [-0.05, 0) is 44.6 Å². The van der Waals surface area contributed by atoms with Crippen molar-refractivity contribution >= 4 is 5.91 Å². The number of carbonyl (C=O) groups excluding carboxylic acids is 1. The minimum absolute atomic E-state index is 0.149. The minimum atomic E-state index is -0.427. The highest BCUT2D eigenvalue weighted by Gasteiger charge is 2.44. The van der Waals surface area contributed by atoms with Crippen molar-refractivity contribution in [2.75, 3.05) is 21.2 Å². The number of hydrogen-bond acceptors (Lipinski definition) is 3. The van der Waals surface area contributed by atoms with E-state index in [4.69, 9.17) is 4.74 Å². The predicted octanol–water partition coefficient (Wildman–Crippen LogP) is 4.18. The SMILES string of the molecule is COc1cc(F)ccc1C(=O)NC(c1ccccc1)C1(N(C)C)CCCC1. The van der Waals surface area contributed by atoms with Crippen LogP contribution in [0.5, 0.6) is 5.75 Å². The van der Waals surface area contributed by atoms with Crippen molar-refractivity contribution in [3.05, 3.63) is 65.5 Å². The fourth-order valence-corrected chi connectivity index (χ4v) is 4.22. The van der Waals surface area contributed by atoms with Gasteiger partial charge >= 0.3 is 0 Å². The van der Waals surface area contributed by atoms with E-state index in [-0.39, 0.29) is 23.2 Å². The Balaban J connectivity index is 1.98. The Hall–Kier alpha value is -2.40. The highest BCUT2D eigenvalue weighted by Crippen LogP contribution is 2.43. The van der Waals surface area contributed by atoms with Gasteiger partial charge in [-0.2, -0.15) is 0 Å². The van der Waals surface area contributed by atoms with Gasteiger partial charge in [0.05, 0.1) is 18.7 Å². The molecule has 1 amide bonds. The van der Waals surface area contributed by atoms with Gasteiger partial charge in [-0.15, -0.1) is 0 Å². The molecule has 1 saturated carbocycles. The van der Waals surface area contributed by atoms with E-state index in [1.165, 1.54) is 25.3 Å². The maximum Gasteiger partial charge on any atom is 0.255 e. The zero-order valence-electron chi connectivity index (χ0n) is 16.2. The molecule has 1 aliphatic carbocycles. The maximum absolute atomic E-state index is 13.5. The Bertz CT molecular complexity index is 786. The Morgan fingerprint density at radius 2 is 1.81 bits per heavy atom. The molecule has 27 heavy (non-hydrogen) atoms. The quantitative estimate of drug-likeness (QED) is 0.829. The Kier molecular flexibility index (Phi) is 5.80. The zero-order valence-corrected chi connectivity index (χ0v) is 16.2. The van der Waals surface area contributed by atoms with E-state index in [0.717, 1.165) is 31.2 Å². The molecular weight excluding hydrogens is 343 g/mol. The molecule has 1 unspecified atom stereocenters. The Morgan fingerprint density at radius 1 is 1.15 bits per heavy atom. The van der Waals surface area contributed by atoms with Crippen molar-refractivity contribution in [2.45, 2.75) is 37.3 Å². The summed E-state index contributed by atoms with van der Waals surface area (Å²) in [4.78, 5) is 15.3. The first kappa shape index (κ1) is 19.4. The summed E-state index contributed by atoms with van der Waals surface area (Å²) in [5.74, 6) is -0.443. The number of methoxy groups -OCH3 is 1. The highest BCUT2D eigenvalue weighted by molar-refractivity contribution is 5.97. The lowest BCUT2D eigenvalue weighted by molar-refractivity contribution is 0.0764. The maximum atomic E-state index is 13.5. The van der Waals surface area contributed by atoms with Crippen LogP contribution in [0.25, 0.3) is 0 Å². The summed E-state index contributed by atoms with van der Waals surface area (Å²) in [5.41, 5.74) is 1.26. The first-order valence-electron chi connectivity index (χ1n) is 9.35. The Labute approximate surface area is 160 Å². The summed E-state index contributed by atoms with van der Waals surface area (Å²) in [7, 11) is 5.59. The van der Waals surface area contributed by atoms with Gasteiger partial charge in [0.2, 0.25) is 0 Å². The van der Waals surface area contributed by atoms with Crippen LogP contribution in [0.15, 0.2) is 48.5 Å². The van der Waals surface area contributed by atoms with E-state index < -0.39 is 5.82 Å². The van der Waals surface area contributed by atoms with Crippen LogP contribution in [-0.2, 0) is 0 Å². The smallest absolute Gasteiger partial charge is 0.255 e. The van der Waals surface area contributed by atoms with E-state index in [9.17, 15) is 9.18 Å². The molecule has 0 aromatic heterocycles. The van der Waals surface area contributed by atoms with E-state index in [1.807, 2.05) is 18.2 Å². The van der Waals surface area contributed by atoms with Gasteiger partial charge in [0.1, 0.15) is 11.6 Å². The third kappa shape index (κ3) is 3.83. The van der Waals surface area contributed by atoms with Crippen LogP contribution in [0.1, 0.15) is 47.6 Å². The molecule has 0 heterocycles. The summed E-state index contributed by atoms with van der Waals surface area (Å²) in [6, 6.07) is 13.9. The number of hydrogen-bond donors (Lipinski definition) is 1. The summed E-state index contributed by atoms with van der Waals surface area (Å²) in [6.07, 6.45) is 4.30. The largest absolute Gasteiger partial charge is 0.496 e. The number of likely N-dealkylation sites (N-methyl/N-ethyl adjacent to an activating group) is 1. The zero-order chi connectivity index (χ0) is 19.4. The van der Waals surface area contributed by atoms with E-state index in [2.05, 4.69) is 36.4 Å². The van der Waals surface area contributed by atoms with Crippen LogP contribution in [0.2, 0.25) is 0 Å². The van der Waals surface area contributed by atoms with Crippen molar-refractivity contribution in [1.29, 1.82) is 0 Å². The van der Waals surface area contributed by atoms with Crippen LogP contribution in [-0.4, -0.2) is 37.6 Å². The molecule has 0 saturated heterocycles. The lowest BCUT2D eigenvalue weighted by atomic mass is 9.82. The monoisotopic (exact) mass is 370 g/mol. The summed E-state index contributed by atoms with van der Waals surface area (Å²) in [5, 5.41) is 3.22. The van der Waals surface area contributed by atoms with Gasteiger partial charge in [0, 0.05) is 11.6 Å². The second kappa shape index (κ2) is 8.09. The summed E-state index contributed by atoms with van der Waals surface area (Å²) < 4.78 is 18.7. The average Bonchev–Trinajstić information content (AvgIpc) is 3.17. The number of rotatable bonds is 6. The van der Waals surface area contributed by atoms with Crippen LogP contribution in [0.3, 0.4) is 0 Å². The lowest BCUT2D eigenvalue weighted by Gasteiger charge is -2.44. The summed E-state index contributed by atoms with van der Waals surface area (Å²) in [6.45, 7) is 0. The molecule has 4 nitrogen and oxygen atoms in total. The standard InChI is InChI=1S/C22H27FN2O2/c1-25(2)22(13-7-8-14-22)20(16-9-5-4-6-10-16)24-21(26)18-12-11-17(23)15-19(18)27-3/h4-6,9-12,15,20H,7-8,13-14H2,1-3H3,(H,24,26).